The lowest BCUT2D eigenvalue weighted by Gasteiger charge is -2.35. The quantitative estimate of drug-likeness (QED) is 0.549. The van der Waals surface area contributed by atoms with Crippen molar-refractivity contribution in [1.82, 2.24) is 13.5 Å². The standard InChI is InChI=1S/C19H23N5O5S/c1-21(2)30(28,29)23-12-10-22(11-13-23)19(25)15-8-9-17(18(14-15)24(26)27)20-16-6-4-3-5-7-16/h3-9,14,20H,10-13H2,1-2H3. The van der Waals surface area contributed by atoms with Gasteiger partial charge in [-0.15, -0.1) is 0 Å². The molecule has 1 heterocycles. The SMILES string of the molecule is CN(C)S(=O)(=O)N1CCN(C(=O)c2ccc(Nc3ccccc3)c([N+](=O)[O-])c2)CC1. The first-order valence-corrected chi connectivity index (χ1v) is 10.7. The Labute approximate surface area is 175 Å². The smallest absolute Gasteiger partial charge is 0.293 e. The molecule has 1 fully saturated rings. The van der Waals surface area contributed by atoms with Gasteiger partial charge in [-0.2, -0.15) is 17.0 Å². The van der Waals surface area contributed by atoms with E-state index < -0.39 is 15.1 Å². The van der Waals surface area contributed by atoms with Gasteiger partial charge in [-0.05, 0) is 24.3 Å². The molecule has 0 spiro atoms. The minimum atomic E-state index is -3.54. The normalized spacial score (nSPS) is 15.2. The van der Waals surface area contributed by atoms with Crippen LogP contribution < -0.4 is 5.32 Å². The molecule has 1 N–H and O–H groups in total. The lowest BCUT2D eigenvalue weighted by atomic mass is 10.1. The summed E-state index contributed by atoms with van der Waals surface area (Å²) in [5.74, 6) is -0.369. The Morgan fingerprint density at radius 1 is 1.07 bits per heavy atom. The molecule has 2 aromatic carbocycles. The third-order valence-electron chi connectivity index (χ3n) is 4.81. The van der Waals surface area contributed by atoms with Gasteiger partial charge in [0.25, 0.3) is 21.8 Å². The van der Waals surface area contributed by atoms with Gasteiger partial charge in [0.2, 0.25) is 0 Å². The van der Waals surface area contributed by atoms with Gasteiger partial charge in [-0.25, -0.2) is 0 Å². The molecule has 30 heavy (non-hydrogen) atoms. The number of hydrogen-bond acceptors (Lipinski definition) is 6. The van der Waals surface area contributed by atoms with Crippen LogP contribution in [0.5, 0.6) is 0 Å². The number of carbonyl (C=O) groups is 1. The van der Waals surface area contributed by atoms with E-state index in [9.17, 15) is 23.3 Å². The van der Waals surface area contributed by atoms with Crippen molar-refractivity contribution < 1.29 is 18.1 Å². The highest BCUT2D eigenvalue weighted by atomic mass is 32.2. The number of nitrogens with zero attached hydrogens (tertiary/aromatic N) is 4. The highest BCUT2D eigenvalue weighted by molar-refractivity contribution is 7.86. The average Bonchev–Trinajstić information content (AvgIpc) is 2.74. The summed E-state index contributed by atoms with van der Waals surface area (Å²) in [6.45, 7) is 0.761. The molecule has 0 atom stereocenters. The molecule has 160 valence electrons. The molecule has 0 unspecified atom stereocenters. The zero-order valence-corrected chi connectivity index (χ0v) is 17.5. The number of carbonyl (C=O) groups excluding carboxylic acids is 1. The maximum absolute atomic E-state index is 12.8. The highest BCUT2D eigenvalue weighted by Crippen LogP contribution is 2.29. The van der Waals surface area contributed by atoms with Crippen LogP contribution >= 0.6 is 0 Å². The number of nitrogens with one attached hydrogen (secondary N) is 1. The van der Waals surface area contributed by atoms with Crippen LogP contribution in [0.3, 0.4) is 0 Å². The van der Waals surface area contributed by atoms with Crippen LogP contribution in [0.1, 0.15) is 10.4 Å². The molecule has 1 aliphatic rings. The molecule has 0 saturated carbocycles. The van der Waals surface area contributed by atoms with Crippen LogP contribution in [0.2, 0.25) is 0 Å². The number of nitro benzene ring substituents is 1. The zero-order chi connectivity index (χ0) is 21.9. The highest BCUT2D eigenvalue weighted by Gasteiger charge is 2.31. The zero-order valence-electron chi connectivity index (χ0n) is 16.7. The van der Waals surface area contributed by atoms with Crippen LogP contribution in [0.4, 0.5) is 17.1 Å². The summed E-state index contributed by atoms with van der Waals surface area (Å²) in [6, 6.07) is 13.3. The van der Waals surface area contributed by atoms with E-state index in [4.69, 9.17) is 0 Å². The van der Waals surface area contributed by atoms with Crippen LogP contribution in [0.25, 0.3) is 0 Å². The minimum Gasteiger partial charge on any atom is -0.350 e. The molecule has 1 saturated heterocycles. The third-order valence-corrected chi connectivity index (χ3v) is 6.75. The molecular formula is C19H23N5O5S. The molecule has 2 aromatic rings. The van der Waals surface area contributed by atoms with Gasteiger partial charge in [0.1, 0.15) is 5.69 Å². The van der Waals surface area contributed by atoms with Crippen molar-refractivity contribution in [2.24, 2.45) is 0 Å². The van der Waals surface area contributed by atoms with Gasteiger partial charge in [0.05, 0.1) is 4.92 Å². The second-order valence-corrected chi connectivity index (χ2v) is 9.10. The van der Waals surface area contributed by atoms with E-state index in [0.29, 0.717) is 5.69 Å². The van der Waals surface area contributed by atoms with Crippen molar-refractivity contribution in [3.8, 4) is 0 Å². The Kier molecular flexibility index (Phi) is 6.34. The molecule has 0 radical (unpaired) electrons. The maximum Gasteiger partial charge on any atom is 0.293 e. The van der Waals surface area contributed by atoms with Crippen molar-refractivity contribution >= 4 is 33.2 Å². The van der Waals surface area contributed by atoms with Gasteiger partial charge in [-0.1, -0.05) is 18.2 Å². The topological polar surface area (TPSA) is 116 Å². The largest absolute Gasteiger partial charge is 0.350 e. The summed E-state index contributed by atoms with van der Waals surface area (Å²) in [5.41, 5.74) is 0.949. The molecule has 0 aromatic heterocycles. The number of para-hydroxylation sites is 1. The number of anilines is 2. The molecule has 1 aliphatic heterocycles. The lowest BCUT2D eigenvalue weighted by molar-refractivity contribution is -0.383. The molecular weight excluding hydrogens is 410 g/mol. The van der Waals surface area contributed by atoms with Crippen molar-refractivity contribution in [3.63, 3.8) is 0 Å². The molecule has 10 nitrogen and oxygen atoms in total. The summed E-state index contributed by atoms with van der Waals surface area (Å²) < 4.78 is 26.9. The Morgan fingerprint density at radius 3 is 2.27 bits per heavy atom. The second-order valence-electron chi connectivity index (χ2n) is 6.96. The van der Waals surface area contributed by atoms with Crippen molar-refractivity contribution in [3.05, 3.63) is 64.2 Å². The Bertz CT molecular complexity index is 1030. The van der Waals surface area contributed by atoms with E-state index in [1.54, 1.807) is 12.1 Å². The number of rotatable bonds is 6. The van der Waals surface area contributed by atoms with E-state index in [2.05, 4.69) is 5.32 Å². The fourth-order valence-corrected chi connectivity index (χ4v) is 4.22. The van der Waals surface area contributed by atoms with E-state index in [1.807, 2.05) is 18.2 Å². The van der Waals surface area contributed by atoms with E-state index >= 15 is 0 Å². The first-order chi connectivity index (χ1) is 14.2. The monoisotopic (exact) mass is 433 g/mol. The van der Waals surface area contributed by atoms with Gasteiger partial charge in [0, 0.05) is 57.6 Å². The predicted octanol–water partition coefficient (Wildman–Crippen LogP) is 1.90. The number of nitro groups is 1. The first kappa shape index (κ1) is 21.7. The Hall–Kier alpha value is -3.02. The van der Waals surface area contributed by atoms with Gasteiger partial charge in [0.15, 0.2) is 0 Å². The lowest BCUT2D eigenvalue weighted by Crippen LogP contribution is -2.53. The van der Waals surface area contributed by atoms with Crippen LogP contribution in [-0.2, 0) is 10.2 Å². The van der Waals surface area contributed by atoms with Crippen molar-refractivity contribution in [2.75, 3.05) is 45.6 Å². The predicted molar refractivity (Wildman–Crippen MR) is 113 cm³/mol. The van der Waals surface area contributed by atoms with E-state index in [-0.39, 0.29) is 49.0 Å². The van der Waals surface area contributed by atoms with Crippen LogP contribution in [0, 0.1) is 10.1 Å². The summed E-state index contributed by atoms with van der Waals surface area (Å²) >= 11 is 0. The second kappa shape index (κ2) is 8.78. The number of piperazine rings is 1. The van der Waals surface area contributed by atoms with Gasteiger partial charge in [-0.3, -0.25) is 14.9 Å². The van der Waals surface area contributed by atoms with E-state index in [1.165, 1.54) is 41.5 Å². The molecule has 1 amide bonds. The van der Waals surface area contributed by atoms with Crippen molar-refractivity contribution in [1.29, 1.82) is 0 Å². The van der Waals surface area contributed by atoms with E-state index in [0.717, 1.165) is 4.31 Å². The molecule has 0 aliphatic carbocycles. The van der Waals surface area contributed by atoms with Gasteiger partial charge >= 0.3 is 0 Å². The van der Waals surface area contributed by atoms with Gasteiger partial charge < -0.3 is 10.2 Å². The molecule has 3 rings (SSSR count). The van der Waals surface area contributed by atoms with Crippen molar-refractivity contribution in [2.45, 2.75) is 0 Å². The summed E-state index contributed by atoms with van der Waals surface area (Å²) in [6.07, 6.45) is 0. The first-order valence-electron chi connectivity index (χ1n) is 9.27. The fourth-order valence-electron chi connectivity index (χ4n) is 3.13. The fraction of sp³-hybridized carbons (Fsp3) is 0.316. The molecule has 0 bridgehead atoms. The third kappa shape index (κ3) is 4.58. The summed E-state index contributed by atoms with van der Waals surface area (Å²) in [4.78, 5) is 25.3. The van der Waals surface area contributed by atoms with Crippen LogP contribution in [0.15, 0.2) is 48.5 Å². The molecule has 11 heteroatoms. The van der Waals surface area contributed by atoms with Crippen LogP contribution in [-0.4, -0.2) is 73.0 Å². The summed E-state index contributed by atoms with van der Waals surface area (Å²) in [7, 11) is -0.625. The number of hydrogen-bond donors (Lipinski definition) is 1. The number of benzene rings is 2. The summed E-state index contributed by atoms with van der Waals surface area (Å²) in [5, 5.41) is 14.5. The Morgan fingerprint density at radius 2 is 1.70 bits per heavy atom. The average molecular weight is 433 g/mol. The Balaban J connectivity index is 1.75. The number of amides is 1. The minimum absolute atomic E-state index is 0.169. The maximum atomic E-state index is 12.8.